The summed E-state index contributed by atoms with van der Waals surface area (Å²) in [5.74, 6) is 1.03. The lowest BCUT2D eigenvalue weighted by atomic mass is 10.1. The molecule has 0 atom stereocenters. The van der Waals surface area contributed by atoms with Crippen LogP contribution in [-0.4, -0.2) is 19.8 Å². The van der Waals surface area contributed by atoms with Crippen LogP contribution in [0.1, 0.15) is 87.0 Å². The van der Waals surface area contributed by atoms with Gasteiger partial charge in [0.1, 0.15) is 29.9 Å². The maximum atomic E-state index is 13.0. The lowest BCUT2D eigenvalue weighted by molar-refractivity contribution is 0.274. The van der Waals surface area contributed by atoms with Crippen molar-refractivity contribution in [3.05, 3.63) is 87.4 Å². The van der Waals surface area contributed by atoms with Crippen LogP contribution in [0.4, 0.5) is 0 Å². The summed E-state index contributed by atoms with van der Waals surface area (Å²) in [6.45, 7) is 15.8. The maximum Gasteiger partial charge on any atom is 0.383 e. The van der Waals surface area contributed by atoms with Gasteiger partial charge in [-0.3, -0.25) is 0 Å². The minimum absolute atomic E-state index is 0.0810. The van der Waals surface area contributed by atoms with E-state index in [0.29, 0.717) is 48.7 Å². The smallest absolute Gasteiger partial charge is 0.383 e. The fourth-order valence-electron chi connectivity index (χ4n) is 3.99. The van der Waals surface area contributed by atoms with Crippen molar-refractivity contribution in [1.82, 2.24) is 0 Å². The molecule has 1 heterocycles. The summed E-state index contributed by atoms with van der Waals surface area (Å²) in [6.07, 6.45) is 18.3. The van der Waals surface area contributed by atoms with E-state index in [0.717, 1.165) is 32.1 Å². The van der Waals surface area contributed by atoms with Crippen molar-refractivity contribution >= 4 is 11.0 Å². The van der Waals surface area contributed by atoms with Crippen LogP contribution in [0.5, 0.6) is 17.2 Å². The molecule has 0 saturated carbocycles. The number of hydrogen-bond donors (Lipinski definition) is 0. The highest BCUT2D eigenvalue weighted by Gasteiger charge is 2.21. The molecule has 0 saturated heterocycles. The monoisotopic (exact) mass is 548 g/mol. The van der Waals surface area contributed by atoms with Crippen LogP contribution in [0.15, 0.2) is 86.2 Å². The highest BCUT2D eigenvalue weighted by atomic mass is 16.5. The number of benzene rings is 1. The van der Waals surface area contributed by atoms with Crippen molar-refractivity contribution in [2.45, 2.75) is 87.0 Å². The normalized spacial score (nSPS) is 12.1. The highest BCUT2D eigenvalue weighted by Crippen LogP contribution is 2.39. The predicted molar refractivity (Wildman–Crippen MR) is 168 cm³/mol. The van der Waals surface area contributed by atoms with Gasteiger partial charge in [-0.2, -0.15) is 0 Å². The molecule has 0 bridgehead atoms. The van der Waals surface area contributed by atoms with Gasteiger partial charge in [-0.1, -0.05) is 59.6 Å². The first-order valence-corrected chi connectivity index (χ1v) is 14.4. The van der Waals surface area contributed by atoms with Crippen LogP contribution >= 0.6 is 0 Å². The molecule has 0 fully saturated rings. The summed E-state index contributed by atoms with van der Waals surface area (Å²) in [7, 11) is 0. The number of rotatable bonds is 17. The van der Waals surface area contributed by atoms with E-state index in [1.807, 2.05) is 18.2 Å². The number of allylic oxidation sites excluding steroid dienone is 7. The fraction of sp³-hybridized carbons (Fsp3) is 0.457. The van der Waals surface area contributed by atoms with Gasteiger partial charge in [0.2, 0.25) is 5.75 Å². The first-order chi connectivity index (χ1) is 19.2. The minimum Gasteiger partial charge on any atom is -0.489 e. The Kier molecular flexibility index (Phi) is 14.7. The van der Waals surface area contributed by atoms with E-state index in [2.05, 4.69) is 78.8 Å². The lowest BCUT2D eigenvalue weighted by Crippen LogP contribution is -2.12. The molecule has 0 N–H and O–H groups in total. The Labute approximate surface area is 240 Å². The molecular weight excluding hydrogens is 500 g/mol. The van der Waals surface area contributed by atoms with Gasteiger partial charge in [0.25, 0.3) is 0 Å². The quantitative estimate of drug-likeness (QED) is 0.112. The molecule has 0 spiro atoms. The minimum atomic E-state index is -0.557. The molecule has 0 aliphatic carbocycles. The predicted octanol–water partition coefficient (Wildman–Crippen LogP) is 9.67. The molecule has 40 heavy (non-hydrogen) atoms. The van der Waals surface area contributed by atoms with Crippen molar-refractivity contribution in [3.63, 3.8) is 0 Å². The van der Waals surface area contributed by atoms with E-state index in [4.69, 9.17) is 18.6 Å². The summed E-state index contributed by atoms with van der Waals surface area (Å²) in [4.78, 5) is 13.0. The summed E-state index contributed by atoms with van der Waals surface area (Å²) in [5.41, 5.74) is 4.97. The molecule has 2 rings (SSSR count). The average molecular weight is 549 g/mol. The third-order valence-corrected chi connectivity index (χ3v) is 6.26. The van der Waals surface area contributed by atoms with Crippen molar-refractivity contribution in [1.29, 1.82) is 0 Å². The van der Waals surface area contributed by atoms with E-state index < -0.39 is 5.63 Å². The molecule has 0 amide bonds. The van der Waals surface area contributed by atoms with Gasteiger partial charge >= 0.3 is 5.63 Å². The van der Waals surface area contributed by atoms with Crippen LogP contribution in [0.2, 0.25) is 0 Å². The third kappa shape index (κ3) is 11.7. The summed E-state index contributed by atoms with van der Waals surface area (Å²) < 4.78 is 24.1. The molecule has 0 aliphatic heterocycles. The Bertz CT molecular complexity index is 1280. The molecule has 5 nitrogen and oxygen atoms in total. The van der Waals surface area contributed by atoms with E-state index in [1.165, 1.54) is 22.3 Å². The SMILES string of the molecule is CCC=CCCOc1c(OC/C=C(\C)CCC=C(C)C)c2c(OC/C=C(\C)CCC=C(C)C)cccc2oc1=O. The van der Waals surface area contributed by atoms with E-state index in [1.54, 1.807) is 6.07 Å². The Hall–Kier alpha value is -3.47. The Balaban J connectivity index is 2.35. The fourth-order valence-corrected chi connectivity index (χ4v) is 3.99. The van der Waals surface area contributed by atoms with Gasteiger partial charge < -0.3 is 18.6 Å². The van der Waals surface area contributed by atoms with E-state index >= 15 is 0 Å². The summed E-state index contributed by atoms with van der Waals surface area (Å²) in [6, 6.07) is 5.44. The number of ether oxygens (including phenoxy) is 3. The second-order valence-electron chi connectivity index (χ2n) is 10.6. The third-order valence-electron chi connectivity index (χ3n) is 6.26. The van der Waals surface area contributed by atoms with Crippen LogP contribution in [0.25, 0.3) is 11.0 Å². The number of hydrogen-bond acceptors (Lipinski definition) is 5. The van der Waals surface area contributed by atoms with Gasteiger partial charge in [-0.15, -0.1) is 0 Å². The van der Waals surface area contributed by atoms with Gasteiger partial charge in [-0.25, -0.2) is 4.79 Å². The number of fused-ring (bicyclic) bond motifs is 1. The van der Waals surface area contributed by atoms with Crippen LogP contribution in [-0.2, 0) is 0 Å². The van der Waals surface area contributed by atoms with E-state index in [-0.39, 0.29) is 5.75 Å². The molecule has 1 aromatic heterocycles. The van der Waals surface area contributed by atoms with Crippen molar-refractivity contribution in [3.8, 4) is 17.2 Å². The molecule has 0 aliphatic rings. The molecule has 2 aromatic rings. The van der Waals surface area contributed by atoms with Crippen LogP contribution in [0, 0.1) is 0 Å². The lowest BCUT2D eigenvalue weighted by Gasteiger charge is -2.15. The zero-order chi connectivity index (χ0) is 29.3. The zero-order valence-corrected chi connectivity index (χ0v) is 25.6. The van der Waals surface area contributed by atoms with E-state index in [9.17, 15) is 4.79 Å². The zero-order valence-electron chi connectivity index (χ0n) is 25.6. The molecule has 5 heteroatoms. The Morgan fingerprint density at radius 3 is 1.98 bits per heavy atom. The molecule has 0 unspecified atom stereocenters. The van der Waals surface area contributed by atoms with Crippen molar-refractivity contribution in [2.24, 2.45) is 0 Å². The summed E-state index contributed by atoms with van der Waals surface area (Å²) in [5, 5.41) is 0.604. The highest BCUT2D eigenvalue weighted by molar-refractivity contribution is 5.91. The standard InChI is InChI=1S/C35H48O5/c1-8-9-10-11-23-38-34-33(39-25-22-29(7)18-13-16-27(4)5)32-30(19-14-20-31(32)40-35(34)36)37-24-21-28(6)17-12-15-26(2)3/h9-10,14-16,19-22H,8,11-13,17-18,23-25H2,1-7H3/b10-9?,28-21+,29-22+. The van der Waals surface area contributed by atoms with Crippen LogP contribution in [0.3, 0.4) is 0 Å². The molecular formula is C35H48O5. The maximum absolute atomic E-state index is 13.0. The molecule has 1 aromatic carbocycles. The van der Waals surface area contributed by atoms with Crippen molar-refractivity contribution < 1.29 is 18.6 Å². The van der Waals surface area contributed by atoms with Gasteiger partial charge in [0.15, 0.2) is 5.75 Å². The second kappa shape index (κ2) is 18.0. The second-order valence-corrected chi connectivity index (χ2v) is 10.6. The van der Waals surface area contributed by atoms with Gasteiger partial charge in [0, 0.05) is 0 Å². The summed E-state index contributed by atoms with van der Waals surface area (Å²) >= 11 is 0. The molecule has 218 valence electrons. The van der Waals surface area contributed by atoms with Crippen LogP contribution < -0.4 is 19.8 Å². The topological polar surface area (TPSA) is 57.9 Å². The van der Waals surface area contributed by atoms with Gasteiger partial charge in [-0.05, 0) is 104 Å². The Morgan fingerprint density at radius 2 is 1.38 bits per heavy atom. The largest absolute Gasteiger partial charge is 0.489 e. The first kappa shape index (κ1) is 32.7. The van der Waals surface area contributed by atoms with Gasteiger partial charge in [0.05, 0.1) is 6.61 Å². The average Bonchev–Trinajstić information content (AvgIpc) is 2.89. The van der Waals surface area contributed by atoms with Crippen molar-refractivity contribution in [2.75, 3.05) is 19.8 Å². The molecule has 0 radical (unpaired) electrons. The first-order valence-electron chi connectivity index (χ1n) is 14.4. The Morgan fingerprint density at radius 1 is 0.750 bits per heavy atom.